The fraction of sp³-hybridized carbons (Fsp3) is 0.471. The molecule has 1 heterocycles. The van der Waals surface area contributed by atoms with Crippen LogP contribution in [-0.4, -0.2) is 16.1 Å². The van der Waals surface area contributed by atoms with Crippen LogP contribution in [0.15, 0.2) is 18.2 Å². The van der Waals surface area contributed by atoms with E-state index in [-0.39, 0.29) is 5.92 Å². The van der Waals surface area contributed by atoms with Gasteiger partial charge in [-0.05, 0) is 55.4 Å². The maximum atomic E-state index is 11.4. The molecule has 3 rings (SSSR count). The number of hydrogen-bond donors (Lipinski definition) is 2. The first-order valence-corrected chi connectivity index (χ1v) is 7.57. The second-order valence-electron chi connectivity index (χ2n) is 5.78. The summed E-state index contributed by atoms with van der Waals surface area (Å²) in [5, 5.41) is 10.6. The van der Waals surface area contributed by atoms with Gasteiger partial charge in [-0.25, -0.2) is 0 Å². The van der Waals surface area contributed by atoms with Crippen LogP contribution in [0.1, 0.15) is 55.3 Å². The molecular weight excluding hydrogens is 250 g/mol. The molecule has 0 saturated carbocycles. The van der Waals surface area contributed by atoms with Gasteiger partial charge < -0.3 is 10.1 Å². The lowest BCUT2D eigenvalue weighted by atomic mass is 9.86. The SMILES string of the molecule is CCCCc1ccc2[nH]c3c(c2c1)CCCC3C(=O)O. The first-order chi connectivity index (χ1) is 9.70. The minimum Gasteiger partial charge on any atom is -0.481 e. The number of aromatic amines is 1. The third kappa shape index (κ3) is 2.21. The summed E-state index contributed by atoms with van der Waals surface area (Å²) in [7, 11) is 0. The number of aryl methyl sites for hydroxylation is 2. The van der Waals surface area contributed by atoms with Crippen LogP contribution in [0.2, 0.25) is 0 Å². The van der Waals surface area contributed by atoms with E-state index in [9.17, 15) is 9.90 Å². The van der Waals surface area contributed by atoms with Gasteiger partial charge in [-0.2, -0.15) is 0 Å². The number of H-pyrrole nitrogens is 1. The zero-order valence-electron chi connectivity index (χ0n) is 11.9. The molecule has 0 spiro atoms. The summed E-state index contributed by atoms with van der Waals surface area (Å²) < 4.78 is 0. The molecule has 0 bridgehead atoms. The van der Waals surface area contributed by atoms with Crippen LogP contribution in [0, 0.1) is 0 Å². The summed E-state index contributed by atoms with van der Waals surface area (Å²) in [6.07, 6.45) is 6.22. The highest BCUT2D eigenvalue weighted by Gasteiger charge is 2.29. The van der Waals surface area contributed by atoms with Gasteiger partial charge in [-0.1, -0.05) is 19.4 Å². The van der Waals surface area contributed by atoms with E-state index in [2.05, 4.69) is 30.1 Å². The van der Waals surface area contributed by atoms with Crippen molar-refractivity contribution < 1.29 is 9.90 Å². The first kappa shape index (κ1) is 13.2. The van der Waals surface area contributed by atoms with Crippen LogP contribution in [0.4, 0.5) is 0 Å². The van der Waals surface area contributed by atoms with Gasteiger partial charge in [-0.15, -0.1) is 0 Å². The fourth-order valence-electron chi connectivity index (χ4n) is 3.29. The number of carbonyl (C=O) groups is 1. The predicted molar refractivity (Wildman–Crippen MR) is 80.2 cm³/mol. The molecule has 2 N–H and O–H groups in total. The number of hydrogen-bond acceptors (Lipinski definition) is 1. The number of aliphatic carboxylic acids is 1. The van der Waals surface area contributed by atoms with Crippen molar-refractivity contribution in [1.29, 1.82) is 0 Å². The Balaban J connectivity index is 2.05. The number of nitrogens with one attached hydrogen (secondary N) is 1. The lowest BCUT2D eigenvalue weighted by Gasteiger charge is -2.18. The Labute approximate surface area is 119 Å². The number of benzene rings is 1. The number of unbranched alkanes of at least 4 members (excludes halogenated alkanes) is 1. The highest BCUT2D eigenvalue weighted by Crippen LogP contribution is 2.36. The van der Waals surface area contributed by atoms with Crippen molar-refractivity contribution >= 4 is 16.9 Å². The van der Waals surface area contributed by atoms with Crippen LogP contribution in [0.5, 0.6) is 0 Å². The molecule has 3 nitrogen and oxygen atoms in total. The normalized spacial score (nSPS) is 18.1. The monoisotopic (exact) mass is 271 g/mol. The van der Waals surface area contributed by atoms with Crippen LogP contribution in [-0.2, 0) is 17.6 Å². The number of carboxylic acids is 1. The second kappa shape index (κ2) is 5.31. The van der Waals surface area contributed by atoms with Gasteiger partial charge in [0, 0.05) is 16.6 Å². The van der Waals surface area contributed by atoms with Gasteiger partial charge >= 0.3 is 5.97 Å². The zero-order chi connectivity index (χ0) is 14.1. The van der Waals surface area contributed by atoms with Crippen molar-refractivity contribution in [3.63, 3.8) is 0 Å². The van der Waals surface area contributed by atoms with Gasteiger partial charge in [0.25, 0.3) is 0 Å². The summed E-state index contributed by atoms with van der Waals surface area (Å²) in [5.41, 5.74) is 4.62. The highest BCUT2D eigenvalue weighted by molar-refractivity contribution is 5.88. The van der Waals surface area contributed by atoms with Crippen molar-refractivity contribution in [3.05, 3.63) is 35.0 Å². The summed E-state index contributed by atoms with van der Waals surface area (Å²) in [6, 6.07) is 6.53. The Morgan fingerprint density at radius 3 is 3.05 bits per heavy atom. The van der Waals surface area contributed by atoms with Crippen molar-refractivity contribution in [3.8, 4) is 0 Å². The maximum absolute atomic E-state index is 11.4. The minimum absolute atomic E-state index is 0.356. The summed E-state index contributed by atoms with van der Waals surface area (Å²) in [5.74, 6) is -1.06. The molecule has 0 saturated heterocycles. The fourth-order valence-corrected chi connectivity index (χ4v) is 3.29. The molecule has 2 aromatic rings. The summed E-state index contributed by atoms with van der Waals surface area (Å²) in [6.45, 7) is 2.20. The smallest absolute Gasteiger partial charge is 0.312 e. The zero-order valence-corrected chi connectivity index (χ0v) is 11.9. The number of aromatic nitrogens is 1. The first-order valence-electron chi connectivity index (χ1n) is 7.57. The molecule has 0 aliphatic heterocycles. The number of rotatable bonds is 4. The van der Waals surface area contributed by atoms with E-state index in [1.54, 1.807) is 0 Å². The van der Waals surface area contributed by atoms with E-state index in [0.717, 1.165) is 36.9 Å². The average molecular weight is 271 g/mol. The van der Waals surface area contributed by atoms with Gasteiger partial charge in [0.05, 0.1) is 5.92 Å². The maximum Gasteiger partial charge on any atom is 0.312 e. The molecule has 3 heteroatoms. The standard InChI is InChI=1S/C17H21NO2/c1-2-3-5-11-8-9-15-14(10-11)12-6-4-7-13(17(19)20)16(12)18-15/h8-10,13,18H,2-7H2,1H3,(H,19,20). The summed E-state index contributed by atoms with van der Waals surface area (Å²) >= 11 is 0. The minimum atomic E-state index is -0.705. The Morgan fingerprint density at radius 1 is 1.45 bits per heavy atom. The third-order valence-electron chi connectivity index (χ3n) is 4.39. The van der Waals surface area contributed by atoms with Crippen LogP contribution >= 0.6 is 0 Å². The molecule has 1 aliphatic rings. The van der Waals surface area contributed by atoms with Crippen LogP contribution in [0.25, 0.3) is 10.9 Å². The molecule has 0 radical (unpaired) electrons. The average Bonchev–Trinajstić information content (AvgIpc) is 2.82. The molecule has 106 valence electrons. The largest absolute Gasteiger partial charge is 0.481 e. The topological polar surface area (TPSA) is 53.1 Å². The van der Waals surface area contributed by atoms with Crippen LogP contribution in [0.3, 0.4) is 0 Å². The predicted octanol–water partition coefficient (Wildman–Crippen LogP) is 4.02. The van der Waals surface area contributed by atoms with E-state index in [0.29, 0.717) is 0 Å². The van der Waals surface area contributed by atoms with Gasteiger partial charge in [0.15, 0.2) is 0 Å². The molecule has 0 fully saturated rings. The molecule has 1 unspecified atom stereocenters. The third-order valence-corrected chi connectivity index (χ3v) is 4.39. The van der Waals surface area contributed by atoms with E-state index >= 15 is 0 Å². The lowest BCUT2D eigenvalue weighted by molar-refractivity contribution is -0.139. The molecule has 0 amide bonds. The Hall–Kier alpha value is -1.77. The van der Waals surface area contributed by atoms with Crippen molar-refractivity contribution in [2.75, 3.05) is 0 Å². The van der Waals surface area contributed by atoms with E-state index in [1.165, 1.54) is 29.4 Å². The van der Waals surface area contributed by atoms with Gasteiger partial charge in [0.1, 0.15) is 0 Å². The van der Waals surface area contributed by atoms with Gasteiger partial charge in [0.2, 0.25) is 0 Å². The Kier molecular flexibility index (Phi) is 3.51. The molecule has 1 atom stereocenters. The van der Waals surface area contributed by atoms with Crippen molar-refractivity contribution in [2.24, 2.45) is 0 Å². The Morgan fingerprint density at radius 2 is 2.30 bits per heavy atom. The van der Waals surface area contributed by atoms with Crippen LogP contribution < -0.4 is 0 Å². The lowest BCUT2D eigenvalue weighted by Crippen LogP contribution is -2.17. The van der Waals surface area contributed by atoms with Gasteiger partial charge in [-0.3, -0.25) is 4.79 Å². The molecule has 1 aliphatic carbocycles. The van der Waals surface area contributed by atoms with E-state index in [4.69, 9.17) is 0 Å². The second-order valence-corrected chi connectivity index (χ2v) is 5.78. The molecule has 20 heavy (non-hydrogen) atoms. The Bertz CT molecular complexity index is 642. The van der Waals surface area contributed by atoms with E-state index in [1.807, 2.05) is 0 Å². The summed E-state index contributed by atoms with van der Waals surface area (Å²) in [4.78, 5) is 14.7. The number of carboxylic acid groups (broad SMARTS) is 1. The molecular formula is C17H21NO2. The quantitative estimate of drug-likeness (QED) is 0.882. The number of fused-ring (bicyclic) bond motifs is 3. The highest BCUT2D eigenvalue weighted by atomic mass is 16.4. The van der Waals surface area contributed by atoms with Crippen molar-refractivity contribution in [1.82, 2.24) is 4.98 Å². The molecule has 1 aromatic heterocycles. The molecule has 1 aromatic carbocycles. The van der Waals surface area contributed by atoms with Crippen molar-refractivity contribution in [2.45, 2.75) is 51.4 Å². The van der Waals surface area contributed by atoms with E-state index < -0.39 is 5.97 Å².